The molecule has 7 nitrogen and oxygen atoms in total. The minimum atomic E-state index is -4.09. The van der Waals surface area contributed by atoms with Gasteiger partial charge in [-0.15, -0.1) is 0 Å². The topological polar surface area (TPSA) is 86.8 Å². The highest BCUT2D eigenvalue weighted by molar-refractivity contribution is 9.10. The lowest BCUT2D eigenvalue weighted by atomic mass is 10.1. The number of carbonyl (C=O) groups is 2. The summed E-state index contributed by atoms with van der Waals surface area (Å²) in [6.45, 7) is 10.7. The molecule has 0 unspecified atom stereocenters. The summed E-state index contributed by atoms with van der Waals surface area (Å²) in [5, 5.41) is 2.93. The van der Waals surface area contributed by atoms with Gasteiger partial charge >= 0.3 is 0 Å². The SMILES string of the molecule is Cc1ccc(S(=O)(=O)N(CC(=O)N(Cc2ccc(Br)cc2)[C@H](C)C(=O)NC(C)(C)C)c2cccc(C)c2)cc1. The van der Waals surface area contributed by atoms with E-state index in [-0.39, 0.29) is 17.3 Å². The Labute approximate surface area is 240 Å². The van der Waals surface area contributed by atoms with E-state index in [2.05, 4.69) is 21.2 Å². The van der Waals surface area contributed by atoms with E-state index in [0.29, 0.717) is 5.69 Å². The third kappa shape index (κ3) is 8.16. The number of amides is 2. The van der Waals surface area contributed by atoms with Crippen LogP contribution in [-0.4, -0.2) is 43.3 Å². The largest absolute Gasteiger partial charge is 0.350 e. The van der Waals surface area contributed by atoms with Crippen LogP contribution < -0.4 is 9.62 Å². The Morgan fingerprint density at radius 1 is 0.923 bits per heavy atom. The molecule has 0 aliphatic carbocycles. The number of nitrogens with zero attached hydrogens (tertiary/aromatic N) is 2. The highest BCUT2D eigenvalue weighted by Gasteiger charge is 2.33. The fourth-order valence-corrected chi connectivity index (χ4v) is 5.66. The van der Waals surface area contributed by atoms with Crippen molar-refractivity contribution in [2.75, 3.05) is 10.8 Å². The van der Waals surface area contributed by atoms with Crippen LogP contribution in [0.5, 0.6) is 0 Å². The summed E-state index contributed by atoms with van der Waals surface area (Å²) in [5.41, 5.74) is 2.46. The van der Waals surface area contributed by atoms with Crippen LogP contribution in [0.2, 0.25) is 0 Å². The Balaban J connectivity index is 2.03. The minimum Gasteiger partial charge on any atom is -0.350 e. The lowest BCUT2D eigenvalue weighted by molar-refractivity contribution is -0.140. The fourth-order valence-electron chi connectivity index (χ4n) is 3.99. The molecular formula is C30H36BrN3O4S. The van der Waals surface area contributed by atoms with Crippen LogP contribution in [0.4, 0.5) is 5.69 Å². The van der Waals surface area contributed by atoms with Crippen LogP contribution in [0, 0.1) is 13.8 Å². The first-order chi connectivity index (χ1) is 18.2. The van der Waals surface area contributed by atoms with Crippen molar-refractivity contribution in [3.05, 3.63) is 94.0 Å². The van der Waals surface area contributed by atoms with Gasteiger partial charge < -0.3 is 10.2 Å². The number of hydrogen-bond donors (Lipinski definition) is 1. The summed E-state index contributed by atoms with van der Waals surface area (Å²) in [5.74, 6) is -0.817. The molecule has 0 bridgehead atoms. The quantitative estimate of drug-likeness (QED) is 0.341. The number of carbonyl (C=O) groups excluding carboxylic acids is 2. The lowest BCUT2D eigenvalue weighted by Gasteiger charge is -2.33. The van der Waals surface area contributed by atoms with Gasteiger partial charge in [0, 0.05) is 16.6 Å². The predicted molar refractivity (Wildman–Crippen MR) is 159 cm³/mol. The smallest absolute Gasteiger partial charge is 0.264 e. The highest BCUT2D eigenvalue weighted by Crippen LogP contribution is 2.26. The minimum absolute atomic E-state index is 0.0837. The van der Waals surface area contributed by atoms with E-state index in [0.717, 1.165) is 25.5 Å². The summed E-state index contributed by atoms with van der Waals surface area (Å²) in [6, 6.07) is 20.1. The molecule has 0 aliphatic heterocycles. The fraction of sp³-hybridized carbons (Fsp3) is 0.333. The molecule has 3 rings (SSSR count). The molecule has 0 aromatic heterocycles. The number of nitrogens with one attached hydrogen (secondary N) is 1. The molecule has 0 spiro atoms. The second-order valence-corrected chi connectivity index (χ2v) is 13.5. The first kappa shape index (κ1) is 30.4. The first-order valence-corrected chi connectivity index (χ1v) is 14.9. The van der Waals surface area contributed by atoms with E-state index in [9.17, 15) is 18.0 Å². The highest BCUT2D eigenvalue weighted by atomic mass is 79.9. The van der Waals surface area contributed by atoms with Gasteiger partial charge in [-0.05, 0) is 89.1 Å². The standard InChI is InChI=1S/C30H36BrN3O4S/c1-21-10-16-27(17-11-21)39(37,38)34(26-9-7-8-22(2)18-26)20-28(35)33(19-24-12-14-25(31)15-13-24)23(3)29(36)32-30(4,5)6/h7-18,23H,19-20H2,1-6H3,(H,32,36)/t23-/m1/s1. The molecule has 1 atom stereocenters. The van der Waals surface area contributed by atoms with Crippen LogP contribution in [-0.2, 0) is 26.2 Å². The molecule has 0 saturated carbocycles. The van der Waals surface area contributed by atoms with Gasteiger partial charge in [0.25, 0.3) is 10.0 Å². The molecule has 0 aliphatic rings. The molecule has 0 radical (unpaired) electrons. The number of anilines is 1. The zero-order valence-corrected chi connectivity index (χ0v) is 25.6. The van der Waals surface area contributed by atoms with Crippen LogP contribution in [0.3, 0.4) is 0 Å². The number of benzene rings is 3. The van der Waals surface area contributed by atoms with Crippen molar-refractivity contribution in [2.24, 2.45) is 0 Å². The summed E-state index contributed by atoms with van der Waals surface area (Å²) >= 11 is 3.42. The Kier molecular flexibility index (Phi) is 9.61. The number of sulfonamides is 1. The first-order valence-electron chi connectivity index (χ1n) is 12.7. The maximum atomic E-state index is 14.0. The molecule has 1 N–H and O–H groups in total. The summed E-state index contributed by atoms with van der Waals surface area (Å²) in [4.78, 5) is 28.6. The van der Waals surface area contributed by atoms with E-state index < -0.39 is 34.1 Å². The van der Waals surface area contributed by atoms with Crippen LogP contribution >= 0.6 is 15.9 Å². The second-order valence-electron chi connectivity index (χ2n) is 10.7. The van der Waals surface area contributed by atoms with Crippen LogP contribution in [0.25, 0.3) is 0 Å². The number of rotatable bonds is 9. The molecule has 3 aromatic carbocycles. The third-order valence-electron chi connectivity index (χ3n) is 6.11. The van der Waals surface area contributed by atoms with Gasteiger partial charge in [-0.25, -0.2) is 8.42 Å². The van der Waals surface area contributed by atoms with E-state index in [1.807, 2.05) is 65.0 Å². The maximum Gasteiger partial charge on any atom is 0.264 e. The normalized spacial score (nSPS) is 12.5. The third-order valence-corrected chi connectivity index (χ3v) is 8.43. The Hall–Kier alpha value is -3.17. The molecule has 0 fully saturated rings. The molecule has 9 heteroatoms. The van der Waals surface area contributed by atoms with Gasteiger partial charge in [0.15, 0.2) is 0 Å². The van der Waals surface area contributed by atoms with E-state index in [1.165, 1.54) is 17.0 Å². The summed E-state index contributed by atoms with van der Waals surface area (Å²) in [7, 11) is -4.09. The van der Waals surface area contributed by atoms with Gasteiger partial charge in [0.1, 0.15) is 12.6 Å². The summed E-state index contributed by atoms with van der Waals surface area (Å²) in [6.07, 6.45) is 0. The average molecular weight is 615 g/mol. The van der Waals surface area contributed by atoms with E-state index in [1.54, 1.807) is 37.3 Å². The molecule has 3 aromatic rings. The van der Waals surface area contributed by atoms with Crippen molar-refractivity contribution in [1.29, 1.82) is 0 Å². The van der Waals surface area contributed by atoms with E-state index >= 15 is 0 Å². The number of halogens is 1. The molecule has 39 heavy (non-hydrogen) atoms. The molecule has 0 saturated heterocycles. The molecule has 208 valence electrons. The second kappa shape index (κ2) is 12.3. The Morgan fingerprint density at radius 3 is 2.10 bits per heavy atom. The van der Waals surface area contributed by atoms with Gasteiger partial charge in [-0.1, -0.05) is 57.9 Å². The van der Waals surface area contributed by atoms with Gasteiger partial charge in [0.05, 0.1) is 10.6 Å². The predicted octanol–water partition coefficient (Wildman–Crippen LogP) is 5.59. The number of hydrogen-bond acceptors (Lipinski definition) is 4. The van der Waals surface area contributed by atoms with Gasteiger partial charge in [0.2, 0.25) is 11.8 Å². The molecule has 2 amide bonds. The van der Waals surface area contributed by atoms with Crippen molar-refractivity contribution in [3.8, 4) is 0 Å². The van der Waals surface area contributed by atoms with Crippen LogP contribution in [0.15, 0.2) is 82.2 Å². The monoisotopic (exact) mass is 613 g/mol. The van der Waals surface area contributed by atoms with E-state index in [4.69, 9.17) is 0 Å². The molecule has 0 heterocycles. The van der Waals surface area contributed by atoms with Crippen molar-refractivity contribution in [1.82, 2.24) is 10.2 Å². The van der Waals surface area contributed by atoms with Crippen molar-refractivity contribution in [3.63, 3.8) is 0 Å². The lowest BCUT2D eigenvalue weighted by Crippen LogP contribution is -2.54. The Morgan fingerprint density at radius 2 is 1.54 bits per heavy atom. The van der Waals surface area contributed by atoms with Crippen LogP contribution in [0.1, 0.15) is 44.4 Å². The van der Waals surface area contributed by atoms with Crippen molar-refractivity contribution < 1.29 is 18.0 Å². The van der Waals surface area contributed by atoms with Crippen molar-refractivity contribution >= 4 is 43.5 Å². The zero-order valence-electron chi connectivity index (χ0n) is 23.2. The average Bonchev–Trinajstić information content (AvgIpc) is 2.85. The summed E-state index contributed by atoms with van der Waals surface area (Å²) < 4.78 is 29.8. The Bertz CT molecular complexity index is 1420. The number of aryl methyl sites for hydroxylation is 2. The van der Waals surface area contributed by atoms with Gasteiger partial charge in [-0.3, -0.25) is 13.9 Å². The zero-order chi connectivity index (χ0) is 29.0. The maximum absolute atomic E-state index is 14.0. The molecular weight excluding hydrogens is 578 g/mol. The van der Waals surface area contributed by atoms with Crippen molar-refractivity contribution in [2.45, 2.75) is 64.6 Å². The van der Waals surface area contributed by atoms with Gasteiger partial charge in [-0.2, -0.15) is 0 Å².